The summed E-state index contributed by atoms with van der Waals surface area (Å²) in [5, 5.41) is 14.3. The topological polar surface area (TPSA) is 111 Å². The maximum atomic E-state index is 13.0. The van der Waals surface area contributed by atoms with Crippen molar-refractivity contribution in [2.75, 3.05) is 5.32 Å². The Bertz CT molecular complexity index is 1090. The van der Waals surface area contributed by atoms with Gasteiger partial charge >= 0.3 is 6.18 Å². The molecule has 3 heterocycles. The van der Waals surface area contributed by atoms with Crippen molar-refractivity contribution < 1.29 is 18.0 Å². The Kier molecular flexibility index (Phi) is 6.01. The molecule has 0 bridgehead atoms. The average molecular weight is 446 g/mol. The third-order valence-corrected chi connectivity index (χ3v) is 5.26. The first-order valence-electron chi connectivity index (χ1n) is 10.2. The van der Waals surface area contributed by atoms with Crippen LogP contribution in [0.5, 0.6) is 0 Å². The van der Waals surface area contributed by atoms with Gasteiger partial charge in [0.05, 0.1) is 24.3 Å². The van der Waals surface area contributed by atoms with E-state index in [1.807, 2.05) is 0 Å². The first-order valence-corrected chi connectivity index (χ1v) is 10.2. The van der Waals surface area contributed by atoms with Crippen LogP contribution in [0.25, 0.3) is 5.69 Å². The number of hydrogen-bond donors (Lipinski definition) is 2. The second-order valence-electron chi connectivity index (χ2n) is 7.35. The molecule has 2 atom stereocenters. The number of alkyl halides is 3. The molecule has 0 aromatic carbocycles. The first kappa shape index (κ1) is 21.7. The lowest BCUT2D eigenvalue weighted by Crippen LogP contribution is -2.44. The smallest absolute Gasteiger partial charge is 0.364 e. The summed E-state index contributed by atoms with van der Waals surface area (Å²) in [5.41, 5.74) is -0.169. The Morgan fingerprint density at radius 1 is 1.16 bits per heavy atom. The van der Waals surface area contributed by atoms with Gasteiger partial charge in [-0.3, -0.25) is 4.79 Å². The highest BCUT2D eigenvalue weighted by atomic mass is 19.4. The van der Waals surface area contributed by atoms with Gasteiger partial charge in [-0.2, -0.15) is 23.4 Å². The molecule has 1 saturated carbocycles. The zero-order valence-corrected chi connectivity index (χ0v) is 17.2. The molecule has 0 saturated heterocycles. The van der Waals surface area contributed by atoms with Gasteiger partial charge in [0.15, 0.2) is 11.4 Å². The molecule has 0 unspecified atom stereocenters. The molecule has 1 aliphatic carbocycles. The average Bonchev–Trinajstić information content (AvgIpc) is 3.46. The van der Waals surface area contributed by atoms with E-state index in [-0.39, 0.29) is 35.8 Å². The lowest BCUT2D eigenvalue weighted by atomic mass is 10.1. The number of halogens is 3. The van der Waals surface area contributed by atoms with Crippen LogP contribution in [-0.4, -0.2) is 47.9 Å². The van der Waals surface area contributed by atoms with Crippen LogP contribution in [0.4, 0.5) is 19.0 Å². The lowest BCUT2D eigenvalue weighted by molar-refractivity contribution is -0.141. The van der Waals surface area contributed by atoms with Crippen molar-refractivity contribution >= 4 is 11.7 Å². The molecule has 2 N–H and O–H groups in total. The number of carbonyl (C=O) groups is 1. The number of pyridine rings is 1. The zero-order valence-electron chi connectivity index (χ0n) is 17.2. The minimum atomic E-state index is -4.55. The Balaban J connectivity index is 1.50. The van der Waals surface area contributed by atoms with Crippen molar-refractivity contribution in [3.8, 4) is 5.69 Å². The van der Waals surface area contributed by atoms with Gasteiger partial charge < -0.3 is 10.6 Å². The van der Waals surface area contributed by atoms with Crippen molar-refractivity contribution in [1.29, 1.82) is 0 Å². The maximum absolute atomic E-state index is 13.0. The number of amides is 1. The van der Waals surface area contributed by atoms with Crippen LogP contribution >= 0.6 is 0 Å². The van der Waals surface area contributed by atoms with Gasteiger partial charge in [-0.05, 0) is 37.8 Å². The quantitative estimate of drug-likeness (QED) is 0.599. The summed E-state index contributed by atoms with van der Waals surface area (Å²) in [6.45, 7) is 1.72. The molecule has 4 rings (SSSR count). The minimum Gasteiger partial charge on any atom is -0.364 e. The second kappa shape index (κ2) is 8.89. The van der Waals surface area contributed by atoms with Crippen molar-refractivity contribution in [3.63, 3.8) is 0 Å². The third-order valence-electron chi connectivity index (χ3n) is 5.26. The highest BCUT2D eigenvalue weighted by Crippen LogP contribution is 2.29. The summed E-state index contributed by atoms with van der Waals surface area (Å²) in [5.74, 6) is -0.0864. The molecule has 1 aliphatic rings. The van der Waals surface area contributed by atoms with Crippen LogP contribution in [0.2, 0.25) is 0 Å². The summed E-state index contributed by atoms with van der Waals surface area (Å²) >= 11 is 0. The predicted molar refractivity (Wildman–Crippen MR) is 108 cm³/mol. The number of rotatable bonds is 6. The van der Waals surface area contributed by atoms with Crippen LogP contribution in [0.15, 0.2) is 36.9 Å². The highest BCUT2D eigenvalue weighted by molar-refractivity contribution is 5.95. The zero-order chi connectivity index (χ0) is 22.7. The number of nitrogens with one attached hydrogen (secondary N) is 2. The predicted octanol–water partition coefficient (Wildman–Crippen LogP) is 2.80. The van der Waals surface area contributed by atoms with Gasteiger partial charge in [-0.1, -0.05) is 6.92 Å². The second-order valence-corrected chi connectivity index (χ2v) is 7.35. The van der Waals surface area contributed by atoms with E-state index in [4.69, 9.17) is 0 Å². The van der Waals surface area contributed by atoms with Crippen LogP contribution in [0, 0.1) is 0 Å². The van der Waals surface area contributed by atoms with E-state index >= 15 is 0 Å². The van der Waals surface area contributed by atoms with E-state index < -0.39 is 11.9 Å². The van der Waals surface area contributed by atoms with Gasteiger partial charge in [-0.25, -0.2) is 15.0 Å². The highest BCUT2D eigenvalue weighted by Gasteiger charge is 2.35. The summed E-state index contributed by atoms with van der Waals surface area (Å²) in [6, 6.07) is 2.92. The van der Waals surface area contributed by atoms with Crippen molar-refractivity contribution in [2.45, 2.75) is 50.9 Å². The number of aromatic nitrogens is 6. The van der Waals surface area contributed by atoms with Gasteiger partial charge in [0, 0.05) is 18.3 Å². The van der Waals surface area contributed by atoms with Crippen LogP contribution in [-0.2, 0) is 12.6 Å². The number of hydrogen-bond acceptors (Lipinski definition) is 7. The molecule has 0 spiro atoms. The molecule has 12 heteroatoms. The Morgan fingerprint density at radius 3 is 2.62 bits per heavy atom. The molecule has 1 amide bonds. The van der Waals surface area contributed by atoms with Crippen molar-refractivity contribution in [2.24, 2.45) is 0 Å². The molecule has 1 fully saturated rings. The molecule has 168 valence electrons. The van der Waals surface area contributed by atoms with Gasteiger partial charge in [0.1, 0.15) is 11.5 Å². The summed E-state index contributed by atoms with van der Waals surface area (Å²) in [4.78, 5) is 26.1. The molecule has 9 nitrogen and oxygen atoms in total. The van der Waals surface area contributed by atoms with E-state index in [1.165, 1.54) is 23.4 Å². The summed E-state index contributed by atoms with van der Waals surface area (Å²) < 4.78 is 38.9. The normalized spacial score (nSPS) is 18.5. The number of aryl methyl sites for hydroxylation is 1. The fourth-order valence-electron chi connectivity index (χ4n) is 3.72. The van der Waals surface area contributed by atoms with Crippen molar-refractivity contribution in [3.05, 3.63) is 54.0 Å². The van der Waals surface area contributed by atoms with Crippen LogP contribution < -0.4 is 10.6 Å². The first-order chi connectivity index (χ1) is 15.4. The van der Waals surface area contributed by atoms with Gasteiger partial charge in [-0.15, -0.1) is 4.80 Å². The molecular formula is C20H21F3N8O. The molecule has 3 aromatic heterocycles. The number of anilines is 1. The molecule has 0 radical (unpaired) electrons. The van der Waals surface area contributed by atoms with E-state index in [2.05, 4.69) is 35.8 Å². The van der Waals surface area contributed by atoms with E-state index in [0.717, 1.165) is 19.0 Å². The standard InChI is InChI=1S/C20H21F3N8O/c1-2-12-18(25-11-16(28-12)20(21,22)23)29-13-5-3-6-14(13)30-19(32)17-15(7-4-8-24-17)31-26-9-10-27-31/h4,7-11,13-14H,2-3,5-6H2,1H3,(H,25,29)(H,30,32)/t13-,14-/m1/s1. The maximum Gasteiger partial charge on any atom is 0.434 e. The third kappa shape index (κ3) is 4.53. The lowest BCUT2D eigenvalue weighted by Gasteiger charge is -2.24. The summed E-state index contributed by atoms with van der Waals surface area (Å²) in [7, 11) is 0. The van der Waals surface area contributed by atoms with Crippen LogP contribution in [0.3, 0.4) is 0 Å². The van der Waals surface area contributed by atoms with Gasteiger partial charge in [0.2, 0.25) is 0 Å². The Labute approximate surface area is 181 Å². The molecule has 3 aromatic rings. The number of nitrogens with zero attached hydrogens (tertiary/aromatic N) is 6. The monoisotopic (exact) mass is 446 g/mol. The molecular weight excluding hydrogens is 425 g/mol. The van der Waals surface area contributed by atoms with Crippen molar-refractivity contribution in [1.82, 2.24) is 35.3 Å². The van der Waals surface area contributed by atoms with Gasteiger partial charge in [0.25, 0.3) is 5.91 Å². The fourth-order valence-corrected chi connectivity index (χ4v) is 3.72. The number of carbonyl (C=O) groups excluding carboxylic acids is 1. The Hall–Kier alpha value is -3.57. The van der Waals surface area contributed by atoms with E-state index in [0.29, 0.717) is 17.9 Å². The minimum absolute atomic E-state index is 0.179. The Morgan fingerprint density at radius 2 is 1.91 bits per heavy atom. The summed E-state index contributed by atoms with van der Waals surface area (Å²) in [6.07, 6.45) is 3.25. The van der Waals surface area contributed by atoms with Crippen LogP contribution in [0.1, 0.15) is 48.1 Å². The largest absolute Gasteiger partial charge is 0.434 e. The SMILES string of the molecule is CCc1nc(C(F)(F)F)cnc1N[C@@H]1CCC[C@H]1NC(=O)c1ncccc1-n1nccn1. The van der Waals surface area contributed by atoms with E-state index in [1.54, 1.807) is 19.1 Å². The molecule has 32 heavy (non-hydrogen) atoms. The fraction of sp³-hybridized carbons (Fsp3) is 0.400. The molecule has 0 aliphatic heterocycles. The van der Waals surface area contributed by atoms with E-state index in [9.17, 15) is 18.0 Å².